The molecular weight excluding hydrogens is 399 g/mol. The Kier molecular flexibility index (Phi) is 5.55. The standard InChI is InChI=1S/C23H23FN4OS/c1-16-15-30-23(27(16)14-13-18-9-11-19(24)12-10-18)25-21-17(2)26(3)28(22(21)29)20-7-5-4-6-8-20/h4-12,15H,13-14H2,1-3H3. The van der Waals surface area contributed by atoms with Crippen LogP contribution in [0.2, 0.25) is 0 Å². The largest absolute Gasteiger partial charge is 0.321 e. The molecule has 0 atom stereocenters. The average molecular weight is 423 g/mol. The van der Waals surface area contributed by atoms with Crippen LogP contribution in [0.4, 0.5) is 10.1 Å². The molecule has 0 N–H and O–H groups in total. The number of nitrogens with zero attached hydrogens (tertiary/aromatic N) is 4. The van der Waals surface area contributed by atoms with Crippen molar-refractivity contribution >= 4 is 17.0 Å². The zero-order chi connectivity index (χ0) is 21.3. The smallest absolute Gasteiger partial charge is 0.297 e. The van der Waals surface area contributed by atoms with E-state index < -0.39 is 0 Å². The molecule has 0 aliphatic heterocycles. The van der Waals surface area contributed by atoms with Crippen molar-refractivity contribution in [1.82, 2.24) is 13.9 Å². The first-order valence-electron chi connectivity index (χ1n) is 9.74. The van der Waals surface area contributed by atoms with Crippen molar-refractivity contribution in [2.75, 3.05) is 0 Å². The predicted molar refractivity (Wildman–Crippen MR) is 118 cm³/mol. The van der Waals surface area contributed by atoms with Crippen molar-refractivity contribution in [2.24, 2.45) is 12.0 Å². The summed E-state index contributed by atoms with van der Waals surface area (Å²) < 4.78 is 18.7. The average Bonchev–Trinajstić information content (AvgIpc) is 3.20. The van der Waals surface area contributed by atoms with Gasteiger partial charge < -0.3 is 4.57 Å². The Balaban J connectivity index is 1.73. The minimum Gasteiger partial charge on any atom is -0.321 e. The lowest BCUT2D eigenvalue weighted by Gasteiger charge is -2.07. The van der Waals surface area contributed by atoms with Crippen LogP contribution in [0.15, 0.2) is 69.8 Å². The maximum atomic E-state index is 13.2. The molecule has 0 saturated carbocycles. The Morgan fingerprint density at radius 2 is 1.73 bits per heavy atom. The van der Waals surface area contributed by atoms with E-state index in [1.807, 2.05) is 61.3 Å². The summed E-state index contributed by atoms with van der Waals surface area (Å²) in [6.07, 6.45) is 0.757. The molecule has 2 heterocycles. The van der Waals surface area contributed by atoms with E-state index in [-0.39, 0.29) is 11.4 Å². The summed E-state index contributed by atoms with van der Waals surface area (Å²) in [5, 5.41) is 2.04. The highest BCUT2D eigenvalue weighted by molar-refractivity contribution is 7.07. The molecule has 0 fully saturated rings. The van der Waals surface area contributed by atoms with Gasteiger partial charge in [0.1, 0.15) is 5.82 Å². The summed E-state index contributed by atoms with van der Waals surface area (Å²) in [5.41, 5.74) is 4.05. The zero-order valence-corrected chi connectivity index (χ0v) is 18.0. The molecule has 4 aromatic rings. The van der Waals surface area contributed by atoms with Gasteiger partial charge in [0, 0.05) is 24.7 Å². The van der Waals surface area contributed by atoms with Crippen molar-refractivity contribution < 1.29 is 4.39 Å². The van der Waals surface area contributed by atoms with Crippen molar-refractivity contribution in [3.05, 3.63) is 97.9 Å². The van der Waals surface area contributed by atoms with Crippen molar-refractivity contribution in [3.8, 4) is 5.69 Å². The number of benzene rings is 2. The number of aryl methyl sites for hydroxylation is 2. The lowest BCUT2D eigenvalue weighted by atomic mass is 10.1. The summed E-state index contributed by atoms with van der Waals surface area (Å²) in [7, 11) is 1.87. The van der Waals surface area contributed by atoms with Crippen molar-refractivity contribution in [1.29, 1.82) is 0 Å². The lowest BCUT2D eigenvalue weighted by Crippen LogP contribution is -2.20. The van der Waals surface area contributed by atoms with E-state index in [9.17, 15) is 9.18 Å². The second-order valence-corrected chi connectivity index (χ2v) is 8.05. The van der Waals surface area contributed by atoms with E-state index in [1.165, 1.54) is 23.5 Å². The fourth-order valence-corrected chi connectivity index (χ4v) is 4.36. The molecule has 7 heteroatoms. The monoisotopic (exact) mass is 422 g/mol. The van der Waals surface area contributed by atoms with E-state index in [1.54, 1.807) is 16.8 Å². The van der Waals surface area contributed by atoms with E-state index in [0.717, 1.165) is 33.9 Å². The molecule has 0 spiro atoms. The maximum Gasteiger partial charge on any atom is 0.297 e. The van der Waals surface area contributed by atoms with Crippen molar-refractivity contribution in [3.63, 3.8) is 0 Å². The second-order valence-electron chi connectivity index (χ2n) is 7.21. The first-order valence-corrected chi connectivity index (χ1v) is 10.6. The first kappa shape index (κ1) is 20.1. The minimum absolute atomic E-state index is 0.141. The van der Waals surface area contributed by atoms with Gasteiger partial charge in [0.2, 0.25) is 0 Å². The second kappa shape index (κ2) is 8.28. The van der Waals surface area contributed by atoms with Gasteiger partial charge in [-0.1, -0.05) is 30.3 Å². The van der Waals surface area contributed by atoms with Gasteiger partial charge in [-0.25, -0.2) is 14.1 Å². The fourth-order valence-electron chi connectivity index (χ4n) is 3.45. The van der Waals surface area contributed by atoms with Gasteiger partial charge in [0.25, 0.3) is 5.56 Å². The van der Waals surface area contributed by atoms with Crippen molar-refractivity contribution in [2.45, 2.75) is 26.8 Å². The third-order valence-corrected chi connectivity index (χ3v) is 6.24. The van der Waals surface area contributed by atoms with Crippen LogP contribution < -0.4 is 10.4 Å². The first-order chi connectivity index (χ1) is 14.5. The molecule has 0 bridgehead atoms. The molecule has 0 saturated heterocycles. The van der Waals surface area contributed by atoms with Crippen LogP contribution in [0.25, 0.3) is 5.69 Å². The van der Waals surface area contributed by atoms with Gasteiger partial charge in [0.05, 0.1) is 11.4 Å². The molecule has 2 aromatic heterocycles. The van der Waals surface area contributed by atoms with Gasteiger partial charge >= 0.3 is 0 Å². The van der Waals surface area contributed by atoms with Crippen LogP contribution in [-0.4, -0.2) is 13.9 Å². The van der Waals surface area contributed by atoms with Crippen LogP contribution in [0.5, 0.6) is 0 Å². The third kappa shape index (κ3) is 3.80. The Bertz CT molecular complexity index is 1290. The molecule has 0 unspecified atom stereocenters. The Labute approximate surface area is 178 Å². The summed E-state index contributed by atoms with van der Waals surface area (Å²) in [4.78, 5) is 18.7. The summed E-state index contributed by atoms with van der Waals surface area (Å²) in [6.45, 7) is 4.64. The summed E-state index contributed by atoms with van der Waals surface area (Å²) in [5.74, 6) is -0.233. The van der Waals surface area contributed by atoms with Crippen LogP contribution in [0.3, 0.4) is 0 Å². The predicted octanol–water partition coefficient (Wildman–Crippen LogP) is 4.27. The zero-order valence-electron chi connectivity index (χ0n) is 17.2. The fraction of sp³-hybridized carbons (Fsp3) is 0.217. The van der Waals surface area contributed by atoms with E-state index in [0.29, 0.717) is 12.2 Å². The van der Waals surface area contributed by atoms with Gasteiger partial charge in [-0.05, 0) is 50.1 Å². The van der Waals surface area contributed by atoms with Gasteiger partial charge in [0.15, 0.2) is 10.5 Å². The van der Waals surface area contributed by atoms with Crippen LogP contribution >= 0.6 is 11.3 Å². The third-order valence-electron chi connectivity index (χ3n) is 5.26. The highest BCUT2D eigenvalue weighted by atomic mass is 32.1. The molecular formula is C23H23FN4OS. The maximum absolute atomic E-state index is 13.2. The quantitative estimate of drug-likeness (QED) is 0.474. The molecule has 0 aliphatic rings. The van der Waals surface area contributed by atoms with Gasteiger partial charge in [-0.2, -0.15) is 0 Å². The van der Waals surface area contributed by atoms with E-state index in [2.05, 4.69) is 4.57 Å². The molecule has 0 radical (unpaired) electrons. The number of aromatic nitrogens is 3. The highest BCUT2D eigenvalue weighted by Gasteiger charge is 2.16. The molecule has 0 amide bonds. The number of rotatable bonds is 5. The number of hydrogen-bond acceptors (Lipinski definition) is 3. The molecule has 154 valence electrons. The number of hydrogen-bond donors (Lipinski definition) is 0. The molecule has 2 aromatic carbocycles. The normalized spacial score (nSPS) is 11.9. The Morgan fingerprint density at radius 3 is 2.43 bits per heavy atom. The highest BCUT2D eigenvalue weighted by Crippen LogP contribution is 2.17. The molecule has 5 nitrogen and oxygen atoms in total. The SMILES string of the molecule is Cc1csc(=Nc2c(C)n(C)n(-c3ccccc3)c2=O)n1CCc1ccc(F)cc1. The lowest BCUT2D eigenvalue weighted by molar-refractivity contribution is 0.624. The Hall–Kier alpha value is -3.19. The van der Waals surface area contributed by atoms with Gasteiger partial charge in [-0.3, -0.25) is 9.48 Å². The van der Waals surface area contributed by atoms with Gasteiger partial charge in [-0.15, -0.1) is 11.3 Å². The number of halogens is 1. The summed E-state index contributed by atoms with van der Waals surface area (Å²) in [6, 6.07) is 16.1. The minimum atomic E-state index is -0.233. The van der Waals surface area contributed by atoms with Crippen LogP contribution in [0.1, 0.15) is 17.0 Å². The van der Waals surface area contributed by atoms with Crippen LogP contribution in [-0.2, 0) is 20.0 Å². The van der Waals surface area contributed by atoms with E-state index >= 15 is 0 Å². The molecule has 0 aliphatic carbocycles. The molecule has 30 heavy (non-hydrogen) atoms. The Morgan fingerprint density at radius 1 is 1.03 bits per heavy atom. The molecule has 4 rings (SSSR count). The number of thiazole rings is 1. The topological polar surface area (TPSA) is 44.2 Å². The summed E-state index contributed by atoms with van der Waals surface area (Å²) >= 11 is 1.52. The number of para-hydroxylation sites is 1. The van der Waals surface area contributed by atoms with Crippen LogP contribution in [0, 0.1) is 19.7 Å². The van der Waals surface area contributed by atoms with E-state index in [4.69, 9.17) is 4.99 Å².